The van der Waals surface area contributed by atoms with Crippen LogP contribution in [0, 0.1) is 26.7 Å². The van der Waals surface area contributed by atoms with Crippen LogP contribution in [-0.4, -0.2) is 43.8 Å². The maximum absolute atomic E-state index is 14.6. The molecule has 0 amide bonds. The second-order valence-electron chi connectivity index (χ2n) is 12.0. The van der Waals surface area contributed by atoms with Crippen molar-refractivity contribution in [1.82, 2.24) is 8.61 Å². The molecule has 4 aromatic rings. The Bertz CT molecular complexity index is 1890. The minimum atomic E-state index is -4.08. The molecule has 2 aliphatic rings. The van der Waals surface area contributed by atoms with Gasteiger partial charge in [-0.1, -0.05) is 95.6 Å². The number of carbonyl (C=O) groups is 1. The fourth-order valence-electron chi connectivity index (χ4n) is 6.62. The highest BCUT2D eigenvalue weighted by atomic mass is 32.2. The Hall–Kier alpha value is -3.63. The number of piperidine rings is 2. The average molecular weight is 629 g/mol. The summed E-state index contributed by atoms with van der Waals surface area (Å²) in [6, 6.07) is 28.2. The number of Topliss-reactive ketones (excluding diaryl/α,β-unsaturated/α-hetero) is 1. The quantitative estimate of drug-likeness (QED) is 0.256. The molecule has 2 aliphatic heterocycles. The molecular weight excluding hydrogens is 593 g/mol. The lowest BCUT2D eigenvalue weighted by atomic mass is 9.77. The summed E-state index contributed by atoms with van der Waals surface area (Å²) in [5.74, 6) is -0.956. The summed E-state index contributed by atoms with van der Waals surface area (Å²) in [5.41, 5.74) is 4.33. The van der Waals surface area contributed by atoms with E-state index in [0.717, 1.165) is 27.8 Å². The van der Waals surface area contributed by atoms with Gasteiger partial charge in [0.2, 0.25) is 20.0 Å². The first kappa shape index (κ1) is 30.4. The van der Waals surface area contributed by atoms with Crippen molar-refractivity contribution in [3.63, 3.8) is 0 Å². The Balaban J connectivity index is 1.51. The number of ketones is 1. The maximum atomic E-state index is 14.6. The summed E-state index contributed by atoms with van der Waals surface area (Å²) in [7, 11) is -8.11. The molecule has 0 unspecified atom stereocenters. The van der Waals surface area contributed by atoms with Crippen LogP contribution < -0.4 is 0 Å². The predicted octanol–water partition coefficient (Wildman–Crippen LogP) is 6.14. The number of sulfonamides is 2. The SMILES string of the molecule is Cc1ccc(S(=O)(=O)N2C[C@H]3C(=O)C[C@@H](c4ccccc4)N(S(=O)(=O)c4ccc(C)cc4)[C@H]3C[C@H]2c2cccc(C)c2)cc1. The van der Waals surface area contributed by atoms with Crippen molar-refractivity contribution in [2.75, 3.05) is 6.54 Å². The van der Waals surface area contributed by atoms with Crippen LogP contribution in [0.25, 0.3) is 0 Å². The van der Waals surface area contributed by atoms with Crippen LogP contribution in [0.2, 0.25) is 0 Å². The van der Waals surface area contributed by atoms with E-state index in [4.69, 9.17) is 0 Å². The Morgan fingerprint density at radius 3 is 1.77 bits per heavy atom. The molecule has 9 heteroatoms. The van der Waals surface area contributed by atoms with Gasteiger partial charge in [0.15, 0.2) is 0 Å². The molecule has 0 spiro atoms. The van der Waals surface area contributed by atoms with Crippen LogP contribution in [-0.2, 0) is 24.8 Å². The van der Waals surface area contributed by atoms with E-state index in [1.165, 1.54) is 8.61 Å². The Morgan fingerprint density at radius 1 is 0.614 bits per heavy atom. The number of nitrogens with zero attached hydrogens (tertiary/aromatic N) is 2. The van der Waals surface area contributed by atoms with Gasteiger partial charge in [-0.05, 0) is 62.6 Å². The summed E-state index contributed by atoms with van der Waals surface area (Å²) in [6.07, 6.45) is 0.100. The smallest absolute Gasteiger partial charge is 0.243 e. The molecule has 0 radical (unpaired) electrons. The summed E-state index contributed by atoms with van der Waals surface area (Å²) in [4.78, 5) is 14.3. The van der Waals surface area contributed by atoms with Gasteiger partial charge in [-0.2, -0.15) is 8.61 Å². The first-order valence-electron chi connectivity index (χ1n) is 14.8. The van der Waals surface area contributed by atoms with E-state index in [0.29, 0.717) is 0 Å². The molecule has 44 heavy (non-hydrogen) atoms. The molecule has 2 saturated heterocycles. The first-order chi connectivity index (χ1) is 21.0. The largest absolute Gasteiger partial charge is 0.299 e. The fourth-order valence-corrected chi connectivity index (χ4v) is 10.1. The van der Waals surface area contributed by atoms with E-state index in [9.17, 15) is 21.6 Å². The molecule has 4 aromatic carbocycles. The monoisotopic (exact) mass is 628 g/mol. The second-order valence-corrected chi connectivity index (χ2v) is 15.7. The van der Waals surface area contributed by atoms with Crippen molar-refractivity contribution < 1.29 is 21.6 Å². The van der Waals surface area contributed by atoms with Gasteiger partial charge in [0.25, 0.3) is 0 Å². The predicted molar refractivity (Wildman–Crippen MR) is 170 cm³/mol. The lowest BCUT2D eigenvalue weighted by Crippen LogP contribution is -2.60. The van der Waals surface area contributed by atoms with Crippen LogP contribution in [0.15, 0.2) is 113 Å². The van der Waals surface area contributed by atoms with E-state index in [-0.39, 0.29) is 35.0 Å². The fraction of sp³-hybridized carbons (Fsp3) is 0.286. The third kappa shape index (κ3) is 5.54. The molecule has 6 rings (SSSR count). The van der Waals surface area contributed by atoms with Crippen molar-refractivity contribution in [1.29, 1.82) is 0 Å². The minimum absolute atomic E-state index is 0.0379. The number of hydrogen-bond donors (Lipinski definition) is 0. The molecule has 228 valence electrons. The summed E-state index contributed by atoms with van der Waals surface area (Å²) in [5, 5.41) is 0. The van der Waals surface area contributed by atoms with Crippen LogP contribution in [0.1, 0.15) is 52.7 Å². The van der Waals surface area contributed by atoms with Gasteiger partial charge in [0.1, 0.15) is 5.78 Å². The molecule has 0 aromatic heterocycles. The lowest BCUT2D eigenvalue weighted by Gasteiger charge is -2.51. The first-order valence-corrected chi connectivity index (χ1v) is 17.7. The van der Waals surface area contributed by atoms with Crippen molar-refractivity contribution in [2.45, 2.75) is 61.5 Å². The highest BCUT2D eigenvalue weighted by Crippen LogP contribution is 2.48. The van der Waals surface area contributed by atoms with Gasteiger partial charge in [0, 0.05) is 24.9 Å². The van der Waals surface area contributed by atoms with Gasteiger partial charge in [-0.15, -0.1) is 0 Å². The minimum Gasteiger partial charge on any atom is -0.299 e. The van der Waals surface area contributed by atoms with Crippen molar-refractivity contribution in [3.8, 4) is 0 Å². The number of rotatable bonds is 6. The molecule has 2 fully saturated rings. The molecular formula is C35H36N2O5S2. The van der Waals surface area contributed by atoms with Crippen molar-refractivity contribution in [2.24, 2.45) is 5.92 Å². The Labute approximate surface area is 260 Å². The molecule has 0 bridgehead atoms. The van der Waals surface area contributed by atoms with E-state index in [2.05, 4.69) is 0 Å². The Morgan fingerprint density at radius 2 is 1.18 bits per heavy atom. The maximum Gasteiger partial charge on any atom is 0.243 e. The molecule has 0 saturated carbocycles. The van der Waals surface area contributed by atoms with E-state index in [1.54, 1.807) is 48.5 Å². The number of hydrogen-bond acceptors (Lipinski definition) is 5. The summed E-state index contributed by atoms with van der Waals surface area (Å²) < 4.78 is 60.5. The molecule has 0 aliphatic carbocycles. The third-order valence-corrected chi connectivity index (χ3v) is 12.8. The van der Waals surface area contributed by atoms with Crippen molar-refractivity contribution in [3.05, 3.63) is 131 Å². The summed E-state index contributed by atoms with van der Waals surface area (Å²) >= 11 is 0. The summed E-state index contributed by atoms with van der Waals surface area (Å²) in [6.45, 7) is 5.62. The number of carbonyl (C=O) groups excluding carboxylic acids is 1. The standard InChI is InChI=1S/C35H36N2O5S2/c1-24-12-16-29(17-13-24)43(39,40)36-23-31-34(21-32(36)28-11-7-8-26(3)20-28)37(44(41,42)30-18-14-25(2)15-19-30)33(22-35(31)38)27-9-5-4-6-10-27/h4-20,31-34H,21-23H2,1-3H3/t31-,32+,33+,34+/m1/s1. The van der Waals surface area contributed by atoms with Gasteiger partial charge >= 0.3 is 0 Å². The Kier molecular flexibility index (Phi) is 8.09. The van der Waals surface area contributed by atoms with Gasteiger partial charge in [0.05, 0.1) is 21.9 Å². The highest BCUT2D eigenvalue weighted by Gasteiger charge is 2.54. The molecule has 7 nitrogen and oxygen atoms in total. The average Bonchev–Trinajstić information content (AvgIpc) is 3.01. The second kappa shape index (κ2) is 11.7. The zero-order valence-corrected chi connectivity index (χ0v) is 26.6. The van der Waals surface area contributed by atoms with Crippen LogP contribution in [0.4, 0.5) is 0 Å². The number of benzene rings is 4. The van der Waals surface area contributed by atoms with E-state index >= 15 is 0 Å². The zero-order valence-electron chi connectivity index (χ0n) is 25.0. The molecule has 2 heterocycles. The van der Waals surface area contributed by atoms with Crippen LogP contribution >= 0.6 is 0 Å². The normalized spacial score (nSPS) is 23.3. The molecule has 4 atom stereocenters. The number of aryl methyl sites for hydroxylation is 3. The topological polar surface area (TPSA) is 91.8 Å². The van der Waals surface area contributed by atoms with Gasteiger partial charge < -0.3 is 0 Å². The number of fused-ring (bicyclic) bond motifs is 1. The molecule has 0 N–H and O–H groups in total. The van der Waals surface area contributed by atoms with E-state index in [1.807, 2.05) is 75.4 Å². The van der Waals surface area contributed by atoms with Crippen LogP contribution in [0.3, 0.4) is 0 Å². The van der Waals surface area contributed by atoms with Crippen molar-refractivity contribution >= 4 is 25.8 Å². The zero-order chi connectivity index (χ0) is 31.2. The third-order valence-electron chi connectivity index (χ3n) is 8.93. The lowest BCUT2D eigenvalue weighted by molar-refractivity contribution is -0.132. The highest BCUT2D eigenvalue weighted by molar-refractivity contribution is 7.89. The van der Waals surface area contributed by atoms with E-state index < -0.39 is 44.1 Å². The van der Waals surface area contributed by atoms with Gasteiger partial charge in [-0.25, -0.2) is 16.8 Å². The van der Waals surface area contributed by atoms with Crippen LogP contribution in [0.5, 0.6) is 0 Å². The van der Waals surface area contributed by atoms with Gasteiger partial charge in [-0.3, -0.25) is 4.79 Å².